The van der Waals surface area contributed by atoms with Crippen molar-refractivity contribution >= 4 is 17.7 Å². The van der Waals surface area contributed by atoms with Gasteiger partial charge in [-0.15, -0.1) is 0 Å². The third-order valence-corrected chi connectivity index (χ3v) is 3.85. The van der Waals surface area contributed by atoms with Gasteiger partial charge in [-0.05, 0) is 37.3 Å². The van der Waals surface area contributed by atoms with Crippen LogP contribution in [0.2, 0.25) is 0 Å². The fourth-order valence-electron chi connectivity index (χ4n) is 2.13. The molecule has 1 saturated heterocycles. The third kappa shape index (κ3) is 4.74. The minimum Gasteiger partial charge on any atom is -0.342 e. The highest BCUT2D eigenvalue weighted by Crippen LogP contribution is 2.17. The highest BCUT2D eigenvalue weighted by Gasteiger charge is 2.27. The van der Waals surface area contributed by atoms with Gasteiger partial charge in [0.15, 0.2) is 0 Å². The topological polar surface area (TPSA) is 46.3 Å². The Kier molecular flexibility index (Phi) is 6.88. The molecule has 16 heavy (non-hydrogen) atoms. The number of unbranched alkanes of at least 4 members (excludes halogenated alkanes) is 3. The lowest BCUT2D eigenvalue weighted by Crippen LogP contribution is -2.27. The molecule has 0 aromatic rings. The summed E-state index contributed by atoms with van der Waals surface area (Å²) in [5, 5.41) is 0. The number of likely N-dealkylation sites (tertiary alicyclic amines) is 1. The van der Waals surface area contributed by atoms with Gasteiger partial charge in [-0.2, -0.15) is 11.8 Å². The summed E-state index contributed by atoms with van der Waals surface area (Å²) >= 11 is 1.91. The summed E-state index contributed by atoms with van der Waals surface area (Å²) in [6, 6.07) is 0. The van der Waals surface area contributed by atoms with E-state index in [1.807, 2.05) is 16.7 Å². The molecule has 0 saturated carbocycles. The van der Waals surface area contributed by atoms with Crippen molar-refractivity contribution in [3.05, 3.63) is 0 Å². The van der Waals surface area contributed by atoms with E-state index in [0.29, 0.717) is 24.8 Å². The van der Waals surface area contributed by atoms with Crippen molar-refractivity contribution in [3.63, 3.8) is 0 Å². The number of hydrogen-bond acceptors (Lipinski definition) is 3. The van der Waals surface area contributed by atoms with Crippen LogP contribution in [0.25, 0.3) is 0 Å². The molecule has 1 aliphatic rings. The van der Waals surface area contributed by atoms with Gasteiger partial charge >= 0.3 is 0 Å². The average Bonchev–Trinajstić information content (AvgIpc) is 2.65. The Bertz CT molecular complexity index is 211. The zero-order valence-electron chi connectivity index (χ0n) is 10.3. The summed E-state index contributed by atoms with van der Waals surface area (Å²) in [6.45, 7) is 2.48. The number of hydrogen-bond donors (Lipinski definition) is 1. The Hall–Kier alpha value is -0.220. The molecule has 0 aliphatic carbocycles. The summed E-state index contributed by atoms with van der Waals surface area (Å²) in [5.74, 6) is 1.97. The number of carbonyl (C=O) groups excluding carboxylic acids is 1. The Morgan fingerprint density at radius 2 is 2.12 bits per heavy atom. The van der Waals surface area contributed by atoms with Gasteiger partial charge < -0.3 is 10.6 Å². The van der Waals surface area contributed by atoms with Crippen molar-refractivity contribution in [1.82, 2.24) is 4.90 Å². The van der Waals surface area contributed by atoms with Gasteiger partial charge in [-0.1, -0.05) is 12.8 Å². The van der Waals surface area contributed by atoms with Crippen LogP contribution in [-0.2, 0) is 4.79 Å². The molecule has 1 fully saturated rings. The van der Waals surface area contributed by atoms with Gasteiger partial charge in [0.1, 0.15) is 0 Å². The summed E-state index contributed by atoms with van der Waals surface area (Å²) in [5.41, 5.74) is 5.59. The van der Waals surface area contributed by atoms with Crippen molar-refractivity contribution in [2.45, 2.75) is 32.1 Å². The molecule has 0 radical (unpaired) electrons. The fourth-order valence-corrected chi connectivity index (χ4v) is 2.62. The number of carbonyl (C=O) groups is 1. The smallest absolute Gasteiger partial charge is 0.222 e. The van der Waals surface area contributed by atoms with Crippen LogP contribution in [0.3, 0.4) is 0 Å². The first-order chi connectivity index (χ1) is 7.77. The van der Waals surface area contributed by atoms with Gasteiger partial charge in [0.05, 0.1) is 0 Å². The third-order valence-electron chi connectivity index (χ3n) is 3.15. The number of amides is 1. The number of nitrogens with two attached hydrogens (primary N) is 1. The predicted octanol–water partition coefficient (Wildman–Crippen LogP) is 1.72. The van der Waals surface area contributed by atoms with E-state index >= 15 is 0 Å². The molecule has 2 N–H and O–H groups in total. The van der Waals surface area contributed by atoms with E-state index in [1.165, 1.54) is 25.0 Å². The summed E-state index contributed by atoms with van der Waals surface area (Å²) in [6.07, 6.45) is 7.82. The maximum Gasteiger partial charge on any atom is 0.222 e. The normalized spacial score (nSPS) is 20.8. The second kappa shape index (κ2) is 7.96. The highest BCUT2D eigenvalue weighted by molar-refractivity contribution is 7.98. The molecule has 1 heterocycles. The van der Waals surface area contributed by atoms with Crippen LogP contribution < -0.4 is 5.73 Å². The summed E-state index contributed by atoms with van der Waals surface area (Å²) < 4.78 is 0. The quantitative estimate of drug-likeness (QED) is 0.661. The van der Waals surface area contributed by atoms with Crippen molar-refractivity contribution < 1.29 is 4.79 Å². The van der Waals surface area contributed by atoms with Crippen molar-refractivity contribution in [3.8, 4) is 0 Å². The molecule has 1 aliphatic heterocycles. The van der Waals surface area contributed by atoms with E-state index in [2.05, 4.69) is 6.26 Å². The molecule has 0 aromatic heterocycles. The van der Waals surface area contributed by atoms with E-state index in [9.17, 15) is 4.79 Å². The van der Waals surface area contributed by atoms with Gasteiger partial charge in [0, 0.05) is 19.5 Å². The van der Waals surface area contributed by atoms with Crippen LogP contribution >= 0.6 is 11.8 Å². The van der Waals surface area contributed by atoms with Crippen LogP contribution in [0.1, 0.15) is 32.1 Å². The first-order valence-electron chi connectivity index (χ1n) is 6.24. The molecule has 0 bridgehead atoms. The molecule has 3 nitrogen and oxygen atoms in total. The Morgan fingerprint density at radius 3 is 2.75 bits per heavy atom. The lowest BCUT2D eigenvalue weighted by atomic mass is 10.1. The Morgan fingerprint density at radius 1 is 1.38 bits per heavy atom. The standard InChI is InChI=1S/C12H24N2OS/c1-16-7-5-3-2-4-6-14-10-11(9-13)8-12(14)15/h11H,2-10,13H2,1H3. The predicted molar refractivity (Wildman–Crippen MR) is 70.6 cm³/mol. The zero-order chi connectivity index (χ0) is 11.8. The van der Waals surface area contributed by atoms with E-state index in [4.69, 9.17) is 5.73 Å². The average molecular weight is 244 g/mol. The molecule has 0 aromatic carbocycles. The maximum absolute atomic E-state index is 11.6. The van der Waals surface area contributed by atoms with E-state index in [-0.39, 0.29) is 0 Å². The molecule has 94 valence electrons. The lowest BCUT2D eigenvalue weighted by molar-refractivity contribution is -0.127. The molecular weight excluding hydrogens is 220 g/mol. The van der Waals surface area contributed by atoms with Gasteiger partial charge in [0.2, 0.25) is 5.91 Å². The molecule has 0 spiro atoms. The summed E-state index contributed by atoms with van der Waals surface area (Å²) in [7, 11) is 0. The SMILES string of the molecule is CSCCCCCCN1CC(CN)CC1=O. The largest absolute Gasteiger partial charge is 0.342 e. The number of rotatable bonds is 8. The molecule has 1 unspecified atom stereocenters. The first-order valence-corrected chi connectivity index (χ1v) is 7.64. The second-order valence-corrected chi connectivity index (χ2v) is 5.54. The Balaban J connectivity index is 2.03. The molecule has 1 rings (SSSR count). The molecular formula is C12H24N2OS. The monoisotopic (exact) mass is 244 g/mol. The van der Waals surface area contributed by atoms with Crippen LogP contribution in [0.15, 0.2) is 0 Å². The highest BCUT2D eigenvalue weighted by atomic mass is 32.2. The molecule has 1 atom stereocenters. The number of thioether (sulfide) groups is 1. The van der Waals surface area contributed by atoms with E-state index < -0.39 is 0 Å². The van der Waals surface area contributed by atoms with Crippen molar-refractivity contribution in [2.24, 2.45) is 11.7 Å². The van der Waals surface area contributed by atoms with Gasteiger partial charge in [0.25, 0.3) is 0 Å². The maximum atomic E-state index is 11.6. The van der Waals surface area contributed by atoms with E-state index in [0.717, 1.165) is 19.5 Å². The van der Waals surface area contributed by atoms with E-state index in [1.54, 1.807) is 0 Å². The van der Waals surface area contributed by atoms with Crippen molar-refractivity contribution in [1.29, 1.82) is 0 Å². The minimum absolute atomic E-state index is 0.305. The van der Waals surface area contributed by atoms with Crippen LogP contribution in [0.5, 0.6) is 0 Å². The zero-order valence-corrected chi connectivity index (χ0v) is 11.1. The van der Waals surface area contributed by atoms with Crippen LogP contribution in [-0.4, -0.2) is 42.4 Å². The van der Waals surface area contributed by atoms with Crippen molar-refractivity contribution in [2.75, 3.05) is 31.6 Å². The number of nitrogens with zero attached hydrogens (tertiary/aromatic N) is 1. The van der Waals surface area contributed by atoms with Gasteiger partial charge in [-0.25, -0.2) is 0 Å². The summed E-state index contributed by atoms with van der Waals surface area (Å²) in [4.78, 5) is 13.6. The Labute approximate surface area is 103 Å². The van der Waals surface area contributed by atoms with Crippen LogP contribution in [0.4, 0.5) is 0 Å². The first kappa shape index (κ1) is 13.8. The fraction of sp³-hybridized carbons (Fsp3) is 0.917. The minimum atomic E-state index is 0.305. The van der Waals surface area contributed by atoms with Crippen LogP contribution in [0, 0.1) is 5.92 Å². The molecule has 4 heteroatoms. The molecule has 1 amide bonds. The second-order valence-electron chi connectivity index (χ2n) is 4.55. The van der Waals surface area contributed by atoms with Gasteiger partial charge in [-0.3, -0.25) is 4.79 Å². The lowest BCUT2D eigenvalue weighted by Gasteiger charge is -2.15.